The van der Waals surface area contributed by atoms with Gasteiger partial charge < -0.3 is 15.4 Å². The number of carbonyl (C=O) groups excluding carboxylic acids is 2. The van der Waals surface area contributed by atoms with E-state index in [0.717, 1.165) is 19.4 Å². The largest absolute Gasteiger partial charge is 0.465 e. The van der Waals surface area contributed by atoms with Crippen LogP contribution < -0.4 is 10.6 Å². The van der Waals surface area contributed by atoms with Gasteiger partial charge in [0.15, 0.2) is 0 Å². The van der Waals surface area contributed by atoms with Gasteiger partial charge in [-0.05, 0) is 54.8 Å². The van der Waals surface area contributed by atoms with Crippen LogP contribution in [0.4, 0.5) is 11.5 Å². The number of hydrogen-bond acceptors (Lipinski definition) is 5. The Labute approximate surface area is 169 Å². The normalized spacial score (nSPS) is 10.2. The van der Waals surface area contributed by atoms with Gasteiger partial charge in [0.25, 0.3) is 5.91 Å². The molecule has 0 radical (unpaired) electrons. The molecule has 29 heavy (non-hydrogen) atoms. The second-order valence-corrected chi connectivity index (χ2v) is 6.47. The molecule has 6 heteroatoms. The van der Waals surface area contributed by atoms with Crippen molar-refractivity contribution in [3.05, 3.63) is 89.6 Å². The van der Waals surface area contributed by atoms with Gasteiger partial charge in [0.1, 0.15) is 5.82 Å². The van der Waals surface area contributed by atoms with Crippen LogP contribution in [0, 0.1) is 0 Å². The van der Waals surface area contributed by atoms with Crippen LogP contribution in [0.1, 0.15) is 32.7 Å². The van der Waals surface area contributed by atoms with Crippen molar-refractivity contribution in [2.24, 2.45) is 0 Å². The van der Waals surface area contributed by atoms with E-state index >= 15 is 0 Å². The number of anilines is 2. The molecule has 0 unspecified atom stereocenters. The van der Waals surface area contributed by atoms with Crippen molar-refractivity contribution in [1.82, 2.24) is 4.98 Å². The number of aromatic nitrogens is 1. The first-order valence-electron chi connectivity index (χ1n) is 9.39. The number of ether oxygens (including phenoxy) is 1. The lowest BCUT2D eigenvalue weighted by Crippen LogP contribution is -2.13. The van der Waals surface area contributed by atoms with E-state index in [-0.39, 0.29) is 5.91 Å². The Morgan fingerprint density at radius 2 is 1.72 bits per heavy atom. The number of esters is 1. The summed E-state index contributed by atoms with van der Waals surface area (Å²) in [6.07, 6.45) is 3.55. The first-order chi connectivity index (χ1) is 14.2. The van der Waals surface area contributed by atoms with E-state index in [2.05, 4.69) is 32.5 Å². The third-order valence-electron chi connectivity index (χ3n) is 4.38. The lowest BCUT2D eigenvalue weighted by Gasteiger charge is -2.09. The van der Waals surface area contributed by atoms with Crippen molar-refractivity contribution in [3.63, 3.8) is 0 Å². The highest BCUT2D eigenvalue weighted by Crippen LogP contribution is 2.14. The number of carbonyl (C=O) groups is 2. The quantitative estimate of drug-likeness (QED) is 0.447. The molecule has 0 spiro atoms. The number of benzene rings is 2. The van der Waals surface area contributed by atoms with E-state index in [0.29, 0.717) is 22.6 Å². The van der Waals surface area contributed by atoms with Crippen molar-refractivity contribution in [2.45, 2.75) is 12.8 Å². The van der Waals surface area contributed by atoms with Crippen LogP contribution in [0.15, 0.2) is 72.9 Å². The summed E-state index contributed by atoms with van der Waals surface area (Å²) in [5.41, 5.74) is 2.82. The maximum Gasteiger partial charge on any atom is 0.337 e. The van der Waals surface area contributed by atoms with Gasteiger partial charge in [-0.25, -0.2) is 9.78 Å². The highest BCUT2D eigenvalue weighted by Gasteiger charge is 2.09. The van der Waals surface area contributed by atoms with Crippen molar-refractivity contribution >= 4 is 23.4 Å². The molecular formula is C23H23N3O3. The Hall–Kier alpha value is -3.67. The Morgan fingerprint density at radius 3 is 2.45 bits per heavy atom. The summed E-state index contributed by atoms with van der Waals surface area (Å²) in [6.45, 7) is 0.766. The van der Waals surface area contributed by atoms with E-state index in [1.807, 2.05) is 18.2 Å². The Kier molecular flexibility index (Phi) is 6.95. The number of aryl methyl sites for hydroxylation is 1. The van der Waals surface area contributed by atoms with Crippen molar-refractivity contribution in [3.8, 4) is 0 Å². The molecule has 1 amide bonds. The van der Waals surface area contributed by atoms with Gasteiger partial charge in [0, 0.05) is 24.0 Å². The van der Waals surface area contributed by atoms with Crippen LogP contribution in [-0.2, 0) is 11.2 Å². The first-order valence-corrected chi connectivity index (χ1v) is 9.39. The second-order valence-electron chi connectivity index (χ2n) is 6.47. The summed E-state index contributed by atoms with van der Waals surface area (Å²) in [5.74, 6) is -0.00250. The fraction of sp³-hybridized carbons (Fsp3) is 0.174. The zero-order valence-electron chi connectivity index (χ0n) is 16.2. The maximum absolute atomic E-state index is 12.5. The van der Waals surface area contributed by atoms with Crippen LogP contribution in [0.5, 0.6) is 0 Å². The fourth-order valence-corrected chi connectivity index (χ4v) is 2.83. The van der Waals surface area contributed by atoms with Crippen molar-refractivity contribution < 1.29 is 14.3 Å². The number of nitrogens with zero attached hydrogens (tertiary/aromatic N) is 1. The highest BCUT2D eigenvalue weighted by molar-refractivity contribution is 6.04. The SMILES string of the molecule is COC(=O)c1ccc(NC(=O)c2ccnc(NCCCc3ccccc3)c2)cc1. The maximum atomic E-state index is 12.5. The predicted molar refractivity (Wildman–Crippen MR) is 113 cm³/mol. The van der Waals surface area contributed by atoms with Gasteiger partial charge in [-0.1, -0.05) is 30.3 Å². The second kappa shape index (κ2) is 10.0. The van der Waals surface area contributed by atoms with E-state index in [9.17, 15) is 9.59 Å². The molecule has 0 aliphatic rings. The number of methoxy groups -OCH3 is 1. The molecule has 2 aromatic carbocycles. The molecule has 1 aromatic heterocycles. The summed E-state index contributed by atoms with van der Waals surface area (Å²) in [5, 5.41) is 6.07. The number of hydrogen-bond donors (Lipinski definition) is 2. The topological polar surface area (TPSA) is 80.3 Å². The summed E-state index contributed by atoms with van der Waals surface area (Å²) >= 11 is 0. The van der Waals surface area contributed by atoms with E-state index in [1.165, 1.54) is 12.7 Å². The van der Waals surface area contributed by atoms with Crippen LogP contribution in [0.25, 0.3) is 0 Å². The highest BCUT2D eigenvalue weighted by atomic mass is 16.5. The van der Waals surface area contributed by atoms with Crippen molar-refractivity contribution in [2.75, 3.05) is 24.3 Å². The Morgan fingerprint density at radius 1 is 0.966 bits per heavy atom. The zero-order chi connectivity index (χ0) is 20.5. The molecule has 0 aliphatic carbocycles. The fourth-order valence-electron chi connectivity index (χ4n) is 2.83. The minimum atomic E-state index is -0.417. The van der Waals surface area contributed by atoms with E-state index in [4.69, 9.17) is 0 Å². The third kappa shape index (κ3) is 5.90. The molecule has 6 nitrogen and oxygen atoms in total. The molecule has 0 aliphatic heterocycles. The van der Waals surface area contributed by atoms with Crippen LogP contribution >= 0.6 is 0 Å². The molecule has 0 saturated heterocycles. The smallest absolute Gasteiger partial charge is 0.337 e. The van der Waals surface area contributed by atoms with Gasteiger partial charge in [-0.2, -0.15) is 0 Å². The summed E-state index contributed by atoms with van der Waals surface area (Å²) in [7, 11) is 1.33. The first kappa shape index (κ1) is 20.1. The Bertz CT molecular complexity index is 957. The zero-order valence-corrected chi connectivity index (χ0v) is 16.2. The minimum absolute atomic E-state index is 0.245. The molecule has 0 bridgehead atoms. The van der Waals surface area contributed by atoms with E-state index < -0.39 is 5.97 Å². The lowest BCUT2D eigenvalue weighted by molar-refractivity contribution is 0.0600. The number of rotatable bonds is 8. The van der Waals surface area contributed by atoms with Crippen LogP contribution in [-0.4, -0.2) is 30.5 Å². The molecule has 0 atom stereocenters. The average molecular weight is 389 g/mol. The van der Waals surface area contributed by atoms with Gasteiger partial charge in [-0.3, -0.25) is 4.79 Å². The van der Waals surface area contributed by atoms with Crippen LogP contribution in [0.3, 0.4) is 0 Å². The molecule has 1 heterocycles. The Balaban J connectivity index is 1.52. The molecular weight excluding hydrogens is 366 g/mol. The van der Waals surface area contributed by atoms with Crippen LogP contribution in [0.2, 0.25) is 0 Å². The third-order valence-corrected chi connectivity index (χ3v) is 4.38. The van der Waals surface area contributed by atoms with Gasteiger partial charge >= 0.3 is 5.97 Å². The predicted octanol–water partition coefficient (Wildman–Crippen LogP) is 4.17. The van der Waals surface area contributed by atoms with Gasteiger partial charge in [-0.15, -0.1) is 0 Å². The van der Waals surface area contributed by atoms with Crippen molar-refractivity contribution in [1.29, 1.82) is 0 Å². The molecule has 3 rings (SSSR count). The minimum Gasteiger partial charge on any atom is -0.465 e. The molecule has 2 N–H and O–H groups in total. The number of nitrogens with one attached hydrogen (secondary N) is 2. The summed E-state index contributed by atoms with van der Waals surface area (Å²) in [6, 6.07) is 20.2. The molecule has 0 saturated carbocycles. The lowest BCUT2D eigenvalue weighted by atomic mass is 10.1. The summed E-state index contributed by atoms with van der Waals surface area (Å²) in [4.78, 5) is 28.2. The van der Waals surface area contributed by atoms with E-state index in [1.54, 1.807) is 42.6 Å². The molecule has 0 fully saturated rings. The average Bonchev–Trinajstić information content (AvgIpc) is 2.77. The number of pyridine rings is 1. The van der Waals surface area contributed by atoms with Gasteiger partial charge in [0.2, 0.25) is 0 Å². The summed E-state index contributed by atoms with van der Waals surface area (Å²) < 4.78 is 4.66. The van der Waals surface area contributed by atoms with Gasteiger partial charge in [0.05, 0.1) is 12.7 Å². The number of amides is 1. The molecule has 148 valence electrons. The monoisotopic (exact) mass is 389 g/mol. The standard InChI is InChI=1S/C23H23N3O3/c1-29-23(28)18-9-11-20(12-10-18)26-22(27)19-13-15-25-21(16-19)24-14-5-8-17-6-3-2-4-7-17/h2-4,6-7,9-13,15-16H,5,8,14H2,1H3,(H,24,25)(H,26,27). The molecule has 3 aromatic rings.